The van der Waals surface area contributed by atoms with Gasteiger partial charge in [-0.1, -0.05) is 16.8 Å². The van der Waals surface area contributed by atoms with Gasteiger partial charge in [-0.2, -0.15) is 0 Å². The summed E-state index contributed by atoms with van der Waals surface area (Å²) in [6, 6.07) is 6.31. The SMILES string of the molecule is Cc1cc(C(=O)Nc2cc(/C(N)=N/O)ccc2Cl)c(C)o1. The predicted molar refractivity (Wildman–Crippen MR) is 80.1 cm³/mol. The molecule has 0 saturated heterocycles. The van der Waals surface area contributed by atoms with Gasteiger partial charge in [-0.15, -0.1) is 0 Å². The molecule has 0 aliphatic rings. The molecule has 6 nitrogen and oxygen atoms in total. The van der Waals surface area contributed by atoms with Crippen LogP contribution in [-0.4, -0.2) is 17.0 Å². The summed E-state index contributed by atoms with van der Waals surface area (Å²) in [5, 5.41) is 14.6. The number of oxime groups is 1. The number of nitrogens with zero attached hydrogens (tertiary/aromatic N) is 1. The second kappa shape index (κ2) is 5.88. The van der Waals surface area contributed by atoms with Crippen LogP contribution < -0.4 is 11.1 Å². The van der Waals surface area contributed by atoms with Gasteiger partial charge < -0.3 is 20.7 Å². The Bertz CT molecular complexity index is 722. The maximum Gasteiger partial charge on any atom is 0.259 e. The van der Waals surface area contributed by atoms with Gasteiger partial charge in [-0.05, 0) is 38.1 Å². The Balaban J connectivity index is 2.31. The van der Waals surface area contributed by atoms with Crippen molar-refractivity contribution in [3.05, 3.63) is 51.9 Å². The fourth-order valence-corrected chi connectivity index (χ4v) is 2.05. The van der Waals surface area contributed by atoms with E-state index in [4.69, 9.17) is 27.0 Å². The number of hydrogen-bond acceptors (Lipinski definition) is 4. The van der Waals surface area contributed by atoms with E-state index in [0.717, 1.165) is 0 Å². The number of nitrogens with one attached hydrogen (secondary N) is 1. The molecule has 1 aromatic carbocycles. The minimum atomic E-state index is -0.345. The number of nitrogens with two attached hydrogens (primary N) is 1. The normalized spacial score (nSPS) is 11.5. The number of rotatable bonds is 3. The molecule has 0 aliphatic heterocycles. The first kappa shape index (κ1) is 14.9. The second-order valence-electron chi connectivity index (χ2n) is 4.46. The summed E-state index contributed by atoms with van der Waals surface area (Å²) in [4.78, 5) is 12.2. The molecule has 4 N–H and O–H groups in total. The molecule has 21 heavy (non-hydrogen) atoms. The van der Waals surface area contributed by atoms with Crippen molar-refractivity contribution in [3.63, 3.8) is 0 Å². The number of amidine groups is 1. The Kier molecular flexibility index (Phi) is 4.18. The van der Waals surface area contributed by atoms with Crippen LogP contribution >= 0.6 is 11.6 Å². The summed E-state index contributed by atoms with van der Waals surface area (Å²) in [6.07, 6.45) is 0. The van der Waals surface area contributed by atoms with Gasteiger partial charge in [0.2, 0.25) is 0 Å². The van der Waals surface area contributed by atoms with Gasteiger partial charge in [0.15, 0.2) is 5.84 Å². The van der Waals surface area contributed by atoms with E-state index in [0.29, 0.717) is 33.4 Å². The molecular formula is C14H14ClN3O3. The highest BCUT2D eigenvalue weighted by Gasteiger charge is 2.15. The Morgan fingerprint density at radius 2 is 2.10 bits per heavy atom. The average Bonchev–Trinajstić information content (AvgIpc) is 2.79. The van der Waals surface area contributed by atoms with Crippen molar-refractivity contribution >= 4 is 29.0 Å². The van der Waals surface area contributed by atoms with E-state index in [2.05, 4.69) is 10.5 Å². The maximum atomic E-state index is 12.2. The van der Waals surface area contributed by atoms with Gasteiger partial charge in [0.05, 0.1) is 16.3 Å². The highest BCUT2D eigenvalue weighted by atomic mass is 35.5. The van der Waals surface area contributed by atoms with Crippen LogP contribution in [0.3, 0.4) is 0 Å². The van der Waals surface area contributed by atoms with Crippen LogP contribution in [0.1, 0.15) is 27.4 Å². The number of hydrogen-bond donors (Lipinski definition) is 3. The fraction of sp³-hybridized carbons (Fsp3) is 0.143. The number of halogens is 1. The van der Waals surface area contributed by atoms with Gasteiger partial charge in [0.25, 0.3) is 5.91 Å². The van der Waals surface area contributed by atoms with E-state index in [1.54, 1.807) is 32.0 Å². The van der Waals surface area contributed by atoms with Crippen LogP contribution in [-0.2, 0) is 0 Å². The molecule has 0 atom stereocenters. The molecule has 0 saturated carbocycles. The minimum absolute atomic E-state index is 0.0718. The molecule has 1 aromatic heterocycles. The van der Waals surface area contributed by atoms with Crippen LogP contribution in [0.2, 0.25) is 5.02 Å². The second-order valence-corrected chi connectivity index (χ2v) is 4.87. The summed E-state index contributed by atoms with van der Waals surface area (Å²) < 4.78 is 5.32. The van der Waals surface area contributed by atoms with Crippen molar-refractivity contribution in [2.75, 3.05) is 5.32 Å². The molecule has 1 amide bonds. The lowest BCUT2D eigenvalue weighted by atomic mass is 10.1. The lowest BCUT2D eigenvalue weighted by molar-refractivity contribution is 0.102. The molecule has 0 unspecified atom stereocenters. The summed E-state index contributed by atoms with van der Waals surface area (Å²) in [6.45, 7) is 3.46. The third-order valence-electron chi connectivity index (χ3n) is 2.90. The van der Waals surface area contributed by atoms with E-state index in [1.807, 2.05) is 0 Å². The van der Waals surface area contributed by atoms with Crippen LogP contribution in [0.15, 0.2) is 33.8 Å². The van der Waals surface area contributed by atoms with E-state index in [-0.39, 0.29) is 11.7 Å². The maximum absolute atomic E-state index is 12.2. The van der Waals surface area contributed by atoms with Gasteiger partial charge in [-0.25, -0.2) is 0 Å². The number of amides is 1. The monoisotopic (exact) mass is 307 g/mol. The largest absolute Gasteiger partial charge is 0.466 e. The summed E-state index contributed by atoms with van der Waals surface area (Å²) >= 11 is 6.04. The van der Waals surface area contributed by atoms with Crippen molar-refractivity contribution in [3.8, 4) is 0 Å². The lowest BCUT2D eigenvalue weighted by Crippen LogP contribution is -2.16. The van der Waals surface area contributed by atoms with E-state index in [1.165, 1.54) is 6.07 Å². The number of anilines is 1. The number of carbonyl (C=O) groups excluding carboxylic acids is 1. The van der Waals surface area contributed by atoms with Crippen molar-refractivity contribution < 1.29 is 14.4 Å². The molecule has 110 valence electrons. The Morgan fingerprint density at radius 1 is 1.38 bits per heavy atom. The third-order valence-corrected chi connectivity index (χ3v) is 3.23. The molecule has 0 spiro atoms. The first-order valence-corrected chi connectivity index (χ1v) is 6.46. The Labute approximate surface area is 126 Å². The summed E-state index contributed by atoms with van der Waals surface area (Å²) in [5.74, 6) is 0.753. The van der Waals surface area contributed by atoms with E-state index in [9.17, 15) is 4.79 Å². The predicted octanol–water partition coefficient (Wildman–Crippen LogP) is 2.90. The zero-order chi connectivity index (χ0) is 15.6. The highest BCUT2D eigenvalue weighted by molar-refractivity contribution is 6.34. The molecule has 2 rings (SSSR count). The average molecular weight is 308 g/mol. The van der Waals surface area contributed by atoms with Crippen molar-refractivity contribution in [1.82, 2.24) is 0 Å². The Morgan fingerprint density at radius 3 is 2.67 bits per heavy atom. The highest BCUT2D eigenvalue weighted by Crippen LogP contribution is 2.24. The van der Waals surface area contributed by atoms with Gasteiger partial charge in [0, 0.05) is 5.56 Å². The van der Waals surface area contributed by atoms with Gasteiger partial charge in [0.1, 0.15) is 11.5 Å². The zero-order valence-corrected chi connectivity index (χ0v) is 12.2. The number of aryl methyl sites for hydroxylation is 2. The van der Waals surface area contributed by atoms with E-state index >= 15 is 0 Å². The molecule has 2 aromatic rings. The van der Waals surface area contributed by atoms with Crippen LogP contribution in [0.25, 0.3) is 0 Å². The van der Waals surface area contributed by atoms with Crippen molar-refractivity contribution in [1.29, 1.82) is 0 Å². The smallest absolute Gasteiger partial charge is 0.259 e. The van der Waals surface area contributed by atoms with E-state index < -0.39 is 0 Å². The lowest BCUT2D eigenvalue weighted by Gasteiger charge is -2.08. The number of benzene rings is 1. The molecule has 0 radical (unpaired) electrons. The van der Waals surface area contributed by atoms with Gasteiger partial charge in [-0.3, -0.25) is 4.79 Å². The molecule has 0 bridgehead atoms. The molecule has 0 fully saturated rings. The first-order valence-electron chi connectivity index (χ1n) is 6.08. The fourth-order valence-electron chi connectivity index (χ4n) is 1.88. The molecule has 7 heteroatoms. The molecule has 1 heterocycles. The van der Waals surface area contributed by atoms with Crippen molar-refractivity contribution in [2.45, 2.75) is 13.8 Å². The third kappa shape index (κ3) is 3.17. The van der Waals surface area contributed by atoms with Crippen LogP contribution in [0.5, 0.6) is 0 Å². The summed E-state index contributed by atoms with van der Waals surface area (Å²) in [7, 11) is 0. The number of furan rings is 1. The first-order chi connectivity index (χ1) is 9.92. The standard InChI is InChI=1S/C14H14ClN3O3/c1-7-5-10(8(2)21-7)14(19)17-12-6-9(13(16)18-20)3-4-11(12)15/h3-6,20H,1-2H3,(H2,16,18)(H,17,19). The molecular weight excluding hydrogens is 294 g/mol. The van der Waals surface area contributed by atoms with Crippen LogP contribution in [0.4, 0.5) is 5.69 Å². The quantitative estimate of drug-likeness (QED) is 0.351. The van der Waals surface area contributed by atoms with Crippen molar-refractivity contribution in [2.24, 2.45) is 10.9 Å². The summed E-state index contributed by atoms with van der Waals surface area (Å²) in [5.41, 5.74) is 6.75. The topological polar surface area (TPSA) is 101 Å². The van der Waals surface area contributed by atoms with Crippen LogP contribution in [0, 0.1) is 13.8 Å². The van der Waals surface area contributed by atoms with Gasteiger partial charge >= 0.3 is 0 Å². The molecule has 0 aliphatic carbocycles. The zero-order valence-electron chi connectivity index (χ0n) is 11.5. The number of carbonyl (C=O) groups is 1. The minimum Gasteiger partial charge on any atom is -0.466 e. The Hall–Kier alpha value is -2.47.